The van der Waals surface area contributed by atoms with Crippen molar-refractivity contribution in [3.63, 3.8) is 0 Å². The zero-order chi connectivity index (χ0) is 21.2. The van der Waals surface area contributed by atoms with Gasteiger partial charge in [0.05, 0.1) is 23.0 Å². The van der Waals surface area contributed by atoms with Gasteiger partial charge in [0.25, 0.3) is 5.91 Å². The first-order valence-corrected chi connectivity index (χ1v) is 10.3. The average molecular weight is 417 g/mol. The molecular weight excluding hydrogens is 394 g/mol. The average Bonchev–Trinajstić information content (AvgIpc) is 2.65. The van der Waals surface area contributed by atoms with Crippen LogP contribution in [0.25, 0.3) is 0 Å². The van der Waals surface area contributed by atoms with Crippen LogP contribution in [0, 0.1) is 0 Å². The van der Waals surface area contributed by atoms with Crippen LogP contribution in [0.4, 0.5) is 11.5 Å². The fourth-order valence-corrected chi connectivity index (χ4v) is 3.41. The standard InChI is InChI=1S/C19H23N5O4S/c1-19(2,22-18(25)13-8-9-20-17(10-13)24(3)4)12-28-16-7-5-6-15-14(16)11-21-29(26,27)23-15/h5-11,23H,12H2,1-4H3,(H,22,25). The number of anilines is 2. The van der Waals surface area contributed by atoms with Gasteiger partial charge in [0, 0.05) is 25.9 Å². The Labute approximate surface area is 170 Å². The Kier molecular flexibility index (Phi) is 5.47. The number of hydrogen-bond acceptors (Lipinski definition) is 6. The van der Waals surface area contributed by atoms with Gasteiger partial charge < -0.3 is 15.0 Å². The Hall–Kier alpha value is -3.14. The van der Waals surface area contributed by atoms with Gasteiger partial charge in [0.15, 0.2) is 0 Å². The van der Waals surface area contributed by atoms with Crippen molar-refractivity contribution in [1.82, 2.24) is 10.3 Å². The first kappa shape index (κ1) is 20.6. The van der Waals surface area contributed by atoms with Gasteiger partial charge in [-0.2, -0.15) is 12.8 Å². The van der Waals surface area contributed by atoms with Crippen LogP contribution in [0.5, 0.6) is 5.75 Å². The molecule has 154 valence electrons. The Morgan fingerprint density at radius 1 is 1.28 bits per heavy atom. The number of pyridine rings is 1. The number of benzene rings is 1. The quantitative estimate of drug-likeness (QED) is 0.741. The highest BCUT2D eigenvalue weighted by Crippen LogP contribution is 2.29. The Bertz CT molecular complexity index is 1060. The van der Waals surface area contributed by atoms with Gasteiger partial charge in [-0.05, 0) is 38.1 Å². The van der Waals surface area contributed by atoms with E-state index in [1.54, 1.807) is 36.5 Å². The summed E-state index contributed by atoms with van der Waals surface area (Å²) in [6.07, 6.45) is 2.84. The van der Waals surface area contributed by atoms with Crippen LogP contribution < -0.4 is 19.7 Å². The second-order valence-corrected chi connectivity index (χ2v) is 8.82. The van der Waals surface area contributed by atoms with E-state index in [9.17, 15) is 13.2 Å². The number of carbonyl (C=O) groups is 1. The minimum Gasteiger partial charge on any atom is -0.490 e. The topological polar surface area (TPSA) is 113 Å². The molecule has 3 rings (SSSR count). The fraction of sp³-hybridized carbons (Fsp3) is 0.316. The summed E-state index contributed by atoms with van der Waals surface area (Å²) in [5.74, 6) is 0.910. The molecule has 9 nitrogen and oxygen atoms in total. The summed E-state index contributed by atoms with van der Waals surface area (Å²) in [5.41, 5.74) is 0.740. The van der Waals surface area contributed by atoms with Crippen molar-refractivity contribution in [2.75, 3.05) is 30.3 Å². The normalized spacial score (nSPS) is 14.5. The van der Waals surface area contributed by atoms with E-state index in [1.807, 2.05) is 32.8 Å². The lowest BCUT2D eigenvalue weighted by Gasteiger charge is -2.27. The molecule has 1 aromatic carbocycles. The molecule has 2 aromatic rings. The fourth-order valence-electron chi connectivity index (χ4n) is 2.66. The maximum absolute atomic E-state index is 12.6. The summed E-state index contributed by atoms with van der Waals surface area (Å²) >= 11 is 0. The SMILES string of the molecule is CN(C)c1cc(C(=O)NC(C)(C)COc2cccc3c2C=NS(=O)(=O)N3)ccn1. The molecule has 1 aliphatic heterocycles. The minimum absolute atomic E-state index is 0.168. The number of carbonyl (C=O) groups excluding carboxylic acids is 1. The molecule has 0 aliphatic carbocycles. The van der Waals surface area contributed by atoms with Crippen molar-refractivity contribution in [3.8, 4) is 5.75 Å². The first-order chi connectivity index (χ1) is 13.6. The smallest absolute Gasteiger partial charge is 0.342 e. The van der Waals surface area contributed by atoms with E-state index in [-0.39, 0.29) is 12.5 Å². The van der Waals surface area contributed by atoms with E-state index in [2.05, 4.69) is 19.4 Å². The number of ether oxygens (including phenoxy) is 1. The van der Waals surface area contributed by atoms with Gasteiger partial charge in [-0.15, -0.1) is 0 Å². The number of aromatic nitrogens is 1. The molecule has 10 heteroatoms. The van der Waals surface area contributed by atoms with Gasteiger partial charge in [0.1, 0.15) is 18.2 Å². The second-order valence-electron chi connectivity index (χ2n) is 7.45. The predicted octanol–water partition coefficient (Wildman–Crippen LogP) is 1.82. The highest BCUT2D eigenvalue weighted by molar-refractivity contribution is 7.91. The molecular formula is C19H23N5O4S. The van der Waals surface area contributed by atoms with Crippen LogP contribution in [0.15, 0.2) is 40.9 Å². The number of nitrogens with zero attached hydrogens (tertiary/aromatic N) is 3. The molecule has 0 unspecified atom stereocenters. The van der Waals surface area contributed by atoms with Crippen molar-refractivity contribution < 1.29 is 17.9 Å². The monoisotopic (exact) mass is 417 g/mol. The van der Waals surface area contributed by atoms with E-state index in [0.717, 1.165) is 0 Å². The Balaban J connectivity index is 1.70. The van der Waals surface area contributed by atoms with E-state index in [0.29, 0.717) is 28.4 Å². The van der Waals surface area contributed by atoms with Crippen molar-refractivity contribution >= 4 is 33.8 Å². The maximum atomic E-state index is 12.6. The summed E-state index contributed by atoms with van der Waals surface area (Å²) in [7, 11) is -0.00837. The zero-order valence-electron chi connectivity index (χ0n) is 16.6. The third-order valence-electron chi connectivity index (χ3n) is 4.13. The van der Waals surface area contributed by atoms with Crippen molar-refractivity contribution in [2.24, 2.45) is 4.40 Å². The van der Waals surface area contributed by atoms with Crippen LogP contribution in [-0.2, 0) is 10.2 Å². The number of fused-ring (bicyclic) bond motifs is 1. The third-order valence-corrected chi connectivity index (χ3v) is 4.99. The largest absolute Gasteiger partial charge is 0.490 e. The molecule has 0 spiro atoms. The van der Waals surface area contributed by atoms with Gasteiger partial charge in [-0.3, -0.25) is 9.52 Å². The highest BCUT2D eigenvalue weighted by Gasteiger charge is 2.24. The predicted molar refractivity (Wildman–Crippen MR) is 112 cm³/mol. The molecule has 1 aliphatic rings. The van der Waals surface area contributed by atoms with E-state index < -0.39 is 15.7 Å². The van der Waals surface area contributed by atoms with Crippen LogP contribution in [0.2, 0.25) is 0 Å². The molecule has 0 atom stereocenters. The van der Waals surface area contributed by atoms with E-state index in [4.69, 9.17) is 4.74 Å². The molecule has 0 fully saturated rings. The molecule has 2 N–H and O–H groups in total. The van der Waals surface area contributed by atoms with Gasteiger partial charge >= 0.3 is 10.2 Å². The number of rotatable bonds is 6. The lowest BCUT2D eigenvalue weighted by molar-refractivity contribution is 0.0880. The maximum Gasteiger partial charge on any atom is 0.342 e. The van der Waals surface area contributed by atoms with Crippen LogP contribution in [0.3, 0.4) is 0 Å². The van der Waals surface area contributed by atoms with Crippen molar-refractivity contribution in [3.05, 3.63) is 47.7 Å². The second kappa shape index (κ2) is 7.70. The first-order valence-electron chi connectivity index (χ1n) is 8.86. The van der Waals surface area contributed by atoms with Crippen LogP contribution in [0.1, 0.15) is 29.8 Å². The summed E-state index contributed by atoms with van der Waals surface area (Å²) < 4.78 is 34.8. The number of amides is 1. The molecule has 0 radical (unpaired) electrons. The summed E-state index contributed by atoms with van der Waals surface area (Å²) in [6, 6.07) is 8.39. The number of nitrogens with one attached hydrogen (secondary N) is 2. The van der Waals surface area contributed by atoms with Crippen molar-refractivity contribution in [1.29, 1.82) is 0 Å². The van der Waals surface area contributed by atoms with E-state index >= 15 is 0 Å². The van der Waals surface area contributed by atoms with Gasteiger partial charge in [0.2, 0.25) is 0 Å². The molecule has 0 saturated carbocycles. The molecule has 1 aromatic heterocycles. The molecule has 2 heterocycles. The Morgan fingerprint density at radius 3 is 2.76 bits per heavy atom. The van der Waals surface area contributed by atoms with Gasteiger partial charge in [-0.25, -0.2) is 4.98 Å². The lowest BCUT2D eigenvalue weighted by atomic mass is 10.1. The van der Waals surface area contributed by atoms with Crippen molar-refractivity contribution in [2.45, 2.75) is 19.4 Å². The Morgan fingerprint density at radius 2 is 2.03 bits per heavy atom. The molecule has 29 heavy (non-hydrogen) atoms. The summed E-state index contributed by atoms with van der Waals surface area (Å²) in [6.45, 7) is 3.84. The number of hydrogen-bond donors (Lipinski definition) is 2. The zero-order valence-corrected chi connectivity index (χ0v) is 17.4. The third kappa shape index (κ3) is 5.02. The molecule has 0 saturated heterocycles. The molecule has 0 bridgehead atoms. The van der Waals surface area contributed by atoms with Crippen LogP contribution >= 0.6 is 0 Å². The lowest BCUT2D eigenvalue weighted by Crippen LogP contribution is -2.48. The molecule has 1 amide bonds. The van der Waals surface area contributed by atoms with Gasteiger partial charge in [-0.1, -0.05) is 6.07 Å². The highest BCUT2D eigenvalue weighted by atomic mass is 32.2. The minimum atomic E-state index is -3.71. The summed E-state index contributed by atoms with van der Waals surface area (Å²) in [5, 5.41) is 2.95. The summed E-state index contributed by atoms with van der Waals surface area (Å²) in [4.78, 5) is 18.7. The van der Waals surface area contributed by atoms with E-state index in [1.165, 1.54) is 6.21 Å². The van der Waals surface area contributed by atoms with Crippen LogP contribution in [-0.4, -0.2) is 51.8 Å².